The van der Waals surface area contributed by atoms with Crippen molar-refractivity contribution in [1.29, 1.82) is 0 Å². The highest BCUT2D eigenvalue weighted by atomic mass is 32.2. The first-order valence-corrected chi connectivity index (χ1v) is 10.7. The molecule has 2 rings (SSSR count). The Labute approximate surface area is 165 Å². The highest BCUT2D eigenvalue weighted by Gasteiger charge is 2.29. The van der Waals surface area contributed by atoms with Crippen molar-refractivity contribution >= 4 is 21.6 Å². The third-order valence-electron chi connectivity index (χ3n) is 4.02. The van der Waals surface area contributed by atoms with E-state index in [0.29, 0.717) is 5.75 Å². The van der Waals surface area contributed by atoms with Crippen molar-refractivity contribution in [3.63, 3.8) is 0 Å². The van der Waals surface area contributed by atoms with Crippen LogP contribution in [-0.4, -0.2) is 39.8 Å². The minimum Gasteiger partial charge on any atom is -0.492 e. The number of aryl methyl sites for hydroxylation is 2. The molecule has 0 heterocycles. The van der Waals surface area contributed by atoms with E-state index in [0.717, 1.165) is 27.8 Å². The number of benzene rings is 2. The second kappa shape index (κ2) is 9.05. The summed E-state index contributed by atoms with van der Waals surface area (Å²) in [5.41, 5.74) is 2.25. The molecule has 1 N–H and O–H groups in total. The minimum absolute atomic E-state index is 0.0941. The number of rotatable bonds is 8. The summed E-state index contributed by atoms with van der Waals surface area (Å²) in [6, 6.07) is 9.90. The third kappa shape index (κ3) is 5.95. The van der Waals surface area contributed by atoms with Crippen molar-refractivity contribution in [1.82, 2.24) is 5.32 Å². The van der Waals surface area contributed by atoms with Gasteiger partial charge in [-0.15, -0.1) is 0 Å². The number of anilines is 1. The summed E-state index contributed by atoms with van der Waals surface area (Å²) in [5.74, 6) is -0.378. The number of ether oxygens (including phenoxy) is 1. The van der Waals surface area contributed by atoms with Crippen molar-refractivity contribution in [3.8, 4) is 5.75 Å². The fourth-order valence-electron chi connectivity index (χ4n) is 2.93. The molecule has 0 spiro atoms. The lowest BCUT2D eigenvalue weighted by atomic mass is 10.1. The Kier molecular flexibility index (Phi) is 7.01. The van der Waals surface area contributed by atoms with Crippen LogP contribution in [0, 0.1) is 19.7 Å². The number of nitrogens with one attached hydrogen (secondary N) is 1. The molecule has 6 nitrogen and oxygen atoms in total. The van der Waals surface area contributed by atoms with Gasteiger partial charge in [-0.2, -0.15) is 0 Å². The van der Waals surface area contributed by atoms with Crippen molar-refractivity contribution in [2.24, 2.45) is 0 Å². The van der Waals surface area contributed by atoms with E-state index in [4.69, 9.17) is 4.74 Å². The Morgan fingerprint density at radius 2 is 1.82 bits per heavy atom. The molecule has 0 bridgehead atoms. The van der Waals surface area contributed by atoms with Gasteiger partial charge in [0.25, 0.3) is 0 Å². The van der Waals surface area contributed by atoms with E-state index in [-0.39, 0.29) is 18.8 Å². The maximum Gasteiger partial charge on any atom is 0.243 e. The molecule has 152 valence electrons. The van der Waals surface area contributed by atoms with Gasteiger partial charge in [0.2, 0.25) is 15.9 Å². The first kappa shape index (κ1) is 21.7. The maximum atomic E-state index is 13.5. The van der Waals surface area contributed by atoms with Crippen LogP contribution in [0.25, 0.3) is 0 Å². The molecule has 0 aromatic heterocycles. The molecule has 0 aliphatic carbocycles. The Morgan fingerprint density at radius 1 is 1.18 bits per heavy atom. The molecular formula is C20H25FN2O4S. The highest BCUT2D eigenvalue weighted by Crippen LogP contribution is 2.21. The van der Waals surface area contributed by atoms with E-state index in [1.807, 2.05) is 32.0 Å². The van der Waals surface area contributed by atoms with Crippen LogP contribution >= 0.6 is 0 Å². The van der Waals surface area contributed by atoms with E-state index in [9.17, 15) is 17.6 Å². The molecule has 0 radical (unpaired) electrons. The summed E-state index contributed by atoms with van der Waals surface area (Å²) >= 11 is 0. The molecule has 1 amide bonds. The zero-order valence-corrected chi connectivity index (χ0v) is 17.2. The minimum atomic E-state index is -3.79. The lowest BCUT2D eigenvalue weighted by Crippen LogP contribution is -2.48. The van der Waals surface area contributed by atoms with Crippen LogP contribution in [0.5, 0.6) is 5.75 Å². The first-order valence-electron chi connectivity index (χ1n) is 8.81. The molecule has 0 saturated heterocycles. The van der Waals surface area contributed by atoms with Crippen LogP contribution in [-0.2, 0) is 14.8 Å². The highest BCUT2D eigenvalue weighted by molar-refractivity contribution is 7.92. The summed E-state index contributed by atoms with van der Waals surface area (Å²) in [6.45, 7) is 5.83. The Hall–Kier alpha value is -2.61. The zero-order chi connectivity index (χ0) is 20.9. The molecule has 0 aliphatic heterocycles. The van der Waals surface area contributed by atoms with Gasteiger partial charge in [0.05, 0.1) is 18.5 Å². The van der Waals surface area contributed by atoms with Crippen LogP contribution in [0.3, 0.4) is 0 Å². The Morgan fingerprint density at radius 3 is 2.39 bits per heavy atom. The van der Waals surface area contributed by atoms with Gasteiger partial charge in [-0.05, 0) is 62.2 Å². The molecule has 2 aromatic carbocycles. The largest absolute Gasteiger partial charge is 0.492 e. The number of sulfonamides is 1. The van der Waals surface area contributed by atoms with Crippen LogP contribution in [0.4, 0.5) is 10.1 Å². The van der Waals surface area contributed by atoms with Crippen molar-refractivity contribution in [3.05, 3.63) is 59.4 Å². The molecule has 0 unspecified atom stereocenters. The van der Waals surface area contributed by atoms with Crippen LogP contribution < -0.4 is 14.4 Å². The molecule has 0 fully saturated rings. The average molecular weight is 408 g/mol. The number of halogens is 1. The van der Waals surface area contributed by atoms with Gasteiger partial charge in [-0.25, -0.2) is 12.8 Å². The molecule has 28 heavy (non-hydrogen) atoms. The quantitative estimate of drug-likeness (QED) is 0.682. The van der Waals surface area contributed by atoms with E-state index in [1.165, 1.54) is 25.1 Å². The Balaban J connectivity index is 1.99. The summed E-state index contributed by atoms with van der Waals surface area (Å²) in [4.78, 5) is 12.4. The van der Waals surface area contributed by atoms with E-state index < -0.39 is 27.8 Å². The number of nitrogens with zero attached hydrogens (tertiary/aromatic N) is 1. The normalized spacial score (nSPS) is 12.3. The SMILES string of the molecule is Cc1cc(C)cc(OCCNC(=O)[C@@H](C)N(c2cccc(F)c2)S(C)(=O)=O)c1. The smallest absolute Gasteiger partial charge is 0.243 e. The first-order chi connectivity index (χ1) is 13.1. The molecule has 2 aromatic rings. The third-order valence-corrected chi connectivity index (χ3v) is 5.26. The van der Waals surface area contributed by atoms with Gasteiger partial charge in [-0.1, -0.05) is 12.1 Å². The topological polar surface area (TPSA) is 75.7 Å². The standard InChI is InChI=1S/C20H25FN2O4S/c1-14-10-15(2)12-19(11-14)27-9-8-22-20(24)16(3)23(28(4,25)26)18-7-5-6-17(21)13-18/h5-7,10-13,16H,8-9H2,1-4H3,(H,22,24)/t16-/m1/s1. The average Bonchev–Trinajstić information content (AvgIpc) is 2.56. The number of amides is 1. The lowest BCUT2D eigenvalue weighted by Gasteiger charge is -2.28. The summed E-state index contributed by atoms with van der Waals surface area (Å²) in [5, 5.41) is 2.66. The predicted molar refractivity (Wildman–Crippen MR) is 108 cm³/mol. The number of carbonyl (C=O) groups excluding carboxylic acids is 1. The second-order valence-corrected chi connectivity index (χ2v) is 8.54. The fraction of sp³-hybridized carbons (Fsp3) is 0.350. The summed E-state index contributed by atoms with van der Waals surface area (Å²) in [7, 11) is -3.79. The second-order valence-electron chi connectivity index (χ2n) is 6.68. The van der Waals surface area contributed by atoms with Gasteiger partial charge in [-0.3, -0.25) is 9.10 Å². The monoisotopic (exact) mass is 408 g/mol. The van der Waals surface area contributed by atoms with Crippen LogP contribution in [0.2, 0.25) is 0 Å². The van der Waals surface area contributed by atoms with Crippen molar-refractivity contribution < 1.29 is 22.3 Å². The number of hydrogen-bond donors (Lipinski definition) is 1. The van der Waals surface area contributed by atoms with E-state index >= 15 is 0 Å². The van der Waals surface area contributed by atoms with Gasteiger partial charge in [0.1, 0.15) is 24.2 Å². The molecule has 8 heteroatoms. The predicted octanol–water partition coefficient (Wildman–Crippen LogP) is 2.79. The Bertz CT molecular complexity index is 927. The van der Waals surface area contributed by atoms with Gasteiger partial charge < -0.3 is 10.1 Å². The fourth-order valence-corrected chi connectivity index (χ4v) is 4.10. The number of carbonyl (C=O) groups is 1. The maximum absolute atomic E-state index is 13.5. The summed E-state index contributed by atoms with van der Waals surface area (Å²) < 4.78 is 44.4. The number of hydrogen-bond acceptors (Lipinski definition) is 4. The van der Waals surface area contributed by atoms with Crippen molar-refractivity contribution in [2.75, 3.05) is 23.7 Å². The molecule has 0 aliphatic rings. The van der Waals surface area contributed by atoms with Crippen LogP contribution in [0.1, 0.15) is 18.1 Å². The van der Waals surface area contributed by atoms with E-state index in [1.54, 1.807) is 0 Å². The molecule has 1 atom stereocenters. The van der Waals surface area contributed by atoms with Gasteiger partial charge in [0.15, 0.2) is 0 Å². The lowest BCUT2D eigenvalue weighted by molar-refractivity contribution is -0.121. The van der Waals surface area contributed by atoms with Gasteiger partial charge >= 0.3 is 0 Å². The molecule has 0 saturated carbocycles. The molecular weight excluding hydrogens is 383 g/mol. The van der Waals surface area contributed by atoms with E-state index in [2.05, 4.69) is 5.32 Å². The zero-order valence-electron chi connectivity index (χ0n) is 16.4. The van der Waals surface area contributed by atoms with Crippen LogP contribution in [0.15, 0.2) is 42.5 Å². The summed E-state index contributed by atoms with van der Waals surface area (Å²) in [6.07, 6.45) is 0.977. The van der Waals surface area contributed by atoms with Crippen molar-refractivity contribution in [2.45, 2.75) is 26.8 Å². The van der Waals surface area contributed by atoms with Gasteiger partial charge in [0, 0.05) is 0 Å².